The van der Waals surface area contributed by atoms with Crippen LogP contribution in [-0.2, 0) is 6.42 Å². The van der Waals surface area contributed by atoms with E-state index in [-0.39, 0.29) is 5.96 Å². The van der Waals surface area contributed by atoms with E-state index in [0.29, 0.717) is 12.5 Å². The van der Waals surface area contributed by atoms with Crippen molar-refractivity contribution in [1.29, 1.82) is 0 Å². The summed E-state index contributed by atoms with van der Waals surface area (Å²) in [6, 6.07) is 10.3. The van der Waals surface area contributed by atoms with Crippen LogP contribution in [0.2, 0.25) is 0 Å². The normalized spacial score (nSPS) is 11.2. The summed E-state index contributed by atoms with van der Waals surface area (Å²) in [4.78, 5) is 10.6. The van der Waals surface area contributed by atoms with Gasteiger partial charge in [0.1, 0.15) is 0 Å². The van der Waals surface area contributed by atoms with E-state index in [0.717, 1.165) is 25.8 Å². The van der Waals surface area contributed by atoms with Crippen molar-refractivity contribution in [3.05, 3.63) is 35.9 Å². The lowest BCUT2D eigenvalue weighted by molar-refractivity contribution is 0.478. The number of hydrogen-bond acceptors (Lipinski definition) is 1. The van der Waals surface area contributed by atoms with Crippen LogP contribution in [-0.4, -0.2) is 37.0 Å². The SMILES string of the molecule is CCCCN(C)C(N=C(N)N)=NCCc1ccccc1. The van der Waals surface area contributed by atoms with E-state index in [1.165, 1.54) is 5.56 Å². The van der Waals surface area contributed by atoms with Gasteiger partial charge < -0.3 is 16.4 Å². The maximum Gasteiger partial charge on any atom is 0.223 e. The molecule has 0 radical (unpaired) electrons. The first-order valence-corrected chi connectivity index (χ1v) is 7.02. The smallest absolute Gasteiger partial charge is 0.223 e. The molecular formula is C15H25N5. The van der Waals surface area contributed by atoms with Crippen LogP contribution in [0.25, 0.3) is 0 Å². The van der Waals surface area contributed by atoms with Crippen molar-refractivity contribution in [3.63, 3.8) is 0 Å². The molecule has 0 amide bonds. The number of guanidine groups is 2. The fourth-order valence-electron chi connectivity index (χ4n) is 1.78. The molecule has 0 unspecified atom stereocenters. The van der Waals surface area contributed by atoms with E-state index in [2.05, 4.69) is 29.0 Å². The van der Waals surface area contributed by atoms with Crippen LogP contribution in [0.5, 0.6) is 0 Å². The minimum atomic E-state index is 0.0480. The molecule has 5 heteroatoms. The Kier molecular flexibility index (Phi) is 7.17. The summed E-state index contributed by atoms with van der Waals surface area (Å²) < 4.78 is 0. The van der Waals surface area contributed by atoms with Crippen LogP contribution >= 0.6 is 0 Å². The van der Waals surface area contributed by atoms with Gasteiger partial charge in [-0.2, -0.15) is 4.99 Å². The number of nitrogens with two attached hydrogens (primary N) is 2. The van der Waals surface area contributed by atoms with E-state index in [1.807, 2.05) is 30.1 Å². The molecule has 0 aromatic heterocycles. The van der Waals surface area contributed by atoms with Crippen LogP contribution in [0, 0.1) is 0 Å². The van der Waals surface area contributed by atoms with Crippen molar-refractivity contribution in [2.24, 2.45) is 21.5 Å². The number of aliphatic imine (C=N–C) groups is 2. The van der Waals surface area contributed by atoms with Crippen LogP contribution in [0.3, 0.4) is 0 Å². The predicted octanol–water partition coefficient (Wildman–Crippen LogP) is 1.59. The molecule has 1 aromatic carbocycles. The molecule has 0 fully saturated rings. The van der Waals surface area contributed by atoms with E-state index >= 15 is 0 Å². The van der Waals surface area contributed by atoms with E-state index in [9.17, 15) is 0 Å². The third-order valence-corrected chi connectivity index (χ3v) is 2.91. The van der Waals surface area contributed by atoms with E-state index in [1.54, 1.807) is 0 Å². The molecule has 0 bridgehead atoms. The molecule has 0 spiro atoms. The molecule has 1 rings (SSSR count). The fourth-order valence-corrected chi connectivity index (χ4v) is 1.78. The lowest BCUT2D eigenvalue weighted by Crippen LogP contribution is -2.32. The maximum absolute atomic E-state index is 5.46. The second-order valence-corrected chi connectivity index (χ2v) is 4.73. The number of nitrogens with zero attached hydrogens (tertiary/aromatic N) is 3. The second kappa shape index (κ2) is 8.96. The standard InChI is InChI=1S/C15H25N5/c1-3-4-12-20(2)15(19-14(16)17)18-11-10-13-8-6-5-7-9-13/h5-9H,3-4,10-12H2,1-2H3,(H4,16,17,18,19). The molecule has 20 heavy (non-hydrogen) atoms. The quantitative estimate of drug-likeness (QED) is 0.611. The monoisotopic (exact) mass is 275 g/mol. The molecule has 0 aliphatic carbocycles. The van der Waals surface area contributed by atoms with Gasteiger partial charge in [-0.3, -0.25) is 4.99 Å². The highest BCUT2D eigenvalue weighted by molar-refractivity contribution is 5.93. The maximum atomic E-state index is 5.46. The summed E-state index contributed by atoms with van der Waals surface area (Å²) in [6.07, 6.45) is 3.10. The van der Waals surface area contributed by atoms with Crippen molar-refractivity contribution in [1.82, 2.24) is 4.90 Å². The van der Waals surface area contributed by atoms with Gasteiger partial charge in [0.2, 0.25) is 5.96 Å². The predicted molar refractivity (Wildman–Crippen MR) is 85.8 cm³/mol. The van der Waals surface area contributed by atoms with E-state index in [4.69, 9.17) is 11.5 Å². The molecule has 5 nitrogen and oxygen atoms in total. The first-order valence-electron chi connectivity index (χ1n) is 7.02. The minimum absolute atomic E-state index is 0.0480. The number of hydrogen-bond donors (Lipinski definition) is 2. The molecule has 0 heterocycles. The Morgan fingerprint density at radius 2 is 1.90 bits per heavy atom. The van der Waals surface area contributed by atoms with Gasteiger partial charge in [-0.15, -0.1) is 0 Å². The summed E-state index contributed by atoms with van der Waals surface area (Å²) in [5, 5.41) is 0. The topological polar surface area (TPSA) is 80.0 Å². The van der Waals surface area contributed by atoms with Gasteiger partial charge in [-0.05, 0) is 18.4 Å². The lowest BCUT2D eigenvalue weighted by Gasteiger charge is -2.17. The number of rotatable bonds is 6. The number of unbranched alkanes of at least 4 members (excludes halogenated alkanes) is 1. The molecule has 0 aliphatic heterocycles. The molecule has 1 aromatic rings. The highest BCUT2D eigenvalue weighted by atomic mass is 15.3. The fraction of sp³-hybridized carbons (Fsp3) is 0.467. The molecule has 4 N–H and O–H groups in total. The number of benzene rings is 1. The average Bonchev–Trinajstić information content (AvgIpc) is 2.44. The first-order chi connectivity index (χ1) is 9.63. The third kappa shape index (κ3) is 6.22. The molecule has 0 aliphatic rings. The van der Waals surface area contributed by atoms with Gasteiger partial charge in [-0.25, -0.2) is 0 Å². The van der Waals surface area contributed by atoms with Crippen LogP contribution in [0.4, 0.5) is 0 Å². The molecule has 0 saturated heterocycles. The Bertz CT molecular complexity index is 435. The Labute approximate surface area is 121 Å². The molecule has 0 saturated carbocycles. The first kappa shape index (κ1) is 16.0. The van der Waals surface area contributed by atoms with Gasteiger partial charge in [0.15, 0.2) is 5.96 Å². The van der Waals surface area contributed by atoms with Gasteiger partial charge in [0, 0.05) is 20.1 Å². The Morgan fingerprint density at radius 3 is 2.50 bits per heavy atom. The third-order valence-electron chi connectivity index (χ3n) is 2.91. The van der Waals surface area contributed by atoms with Crippen molar-refractivity contribution in [3.8, 4) is 0 Å². The zero-order chi connectivity index (χ0) is 14.8. The van der Waals surface area contributed by atoms with Crippen molar-refractivity contribution in [2.75, 3.05) is 20.1 Å². The lowest BCUT2D eigenvalue weighted by atomic mass is 10.2. The molecular weight excluding hydrogens is 250 g/mol. The summed E-state index contributed by atoms with van der Waals surface area (Å²) in [5.41, 5.74) is 12.2. The van der Waals surface area contributed by atoms with Crippen molar-refractivity contribution < 1.29 is 0 Å². The summed E-state index contributed by atoms with van der Waals surface area (Å²) in [5.74, 6) is 0.654. The average molecular weight is 275 g/mol. The van der Waals surface area contributed by atoms with E-state index < -0.39 is 0 Å². The van der Waals surface area contributed by atoms with Gasteiger partial charge in [-0.1, -0.05) is 43.7 Å². The highest BCUT2D eigenvalue weighted by Crippen LogP contribution is 2.01. The van der Waals surface area contributed by atoms with Crippen LogP contribution in [0.15, 0.2) is 40.3 Å². The summed E-state index contributed by atoms with van der Waals surface area (Å²) >= 11 is 0. The minimum Gasteiger partial charge on any atom is -0.370 e. The second-order valence-electron chi connectivity index (χ2n) is 4.73. The Morgan fingerprint density at radius 1 is 1.20 bits per heavy atom. The highest BCUT2D eigenvalue weighted by Gasteiger charge is 2.04. The Hall–Kier alpha value is -2.04. The molecule has 0 atom stereocenters. The Balaban J connectivity index is 2.62. The zero-order valence-corrected chi connectivity index (χ0v) is 12.4. The van der Waals surface area contributed by atoms with Gasteiger partial charge in [0.05, 0.1) is 0 Å². The largest absolute Gasteiger partial charge is 0.370 e. The summed E-state index contributed by atoms with van der Waals surface area (Å²) in [7, 11) is 1.96. The van der Waals surface area contributed by atoms with Crippen molar-refractivity contribution >= 4 is 11.9 Å². The summed E-state index contributed by atoms with van der Waals surface area (Å²) in [6.45, 7) is 3.73. The van der Waals surface area contributed by atoms with Gasteiger partial charge in [0.25, 0.3) is 0 Å². The van der Waals surface area contributed by atoms with Crippen LogP contribution in [0.1, 0.15) is 25.3 Å². The zero-order valence-electron chi connectivity index (χ0n) is 12.4. The van der Waals surface area contributed by atoms with Crippen LogP contribution < -0.4 is 11.5 Å². The molecule has 110 valence electrons. The van der Waals surface area contributed by atoms with Gasteiger partial charge >= 0.3 is 0 Å². The van der Waals surface area contributed by atoms with Crippen molar-refractivity contribution in [2.45, 2.75) is 26.2 Å².